The minimum Gasteiger partial charge on any atom is -0.469 e. The molecular formula is C105H158N2O23. The van der Waals surface area contributed by atoms with E-state index in [9.17, 15) is 24.0 Å². The van der Waals surface area contributed by atoms with Crippen molar-refractivity contribution in [3.63, 3.8) is 0 Å². The van der Waals surface area contributed by atoms with Gasteiger partial charge in [0.1, 0.15) is 61.2 Å². The predicted molar refractivity (Wildman–Crippen MR) is 491 cm³/mol. The Hall–Kier alpha value is -5.69. The number of methoxy groups -OCH3 is 6. The quantitative estimate of drug-likeness (QED) is 0.0537. The minimum atomic E-state index is -0.598. The summed E-state index contributed by atoms with van der Waals surface area (Å²) in [4.78, 5) is 73.3. The highest BCUT2D eigenvalue weighted by molar-refractivity contribution is 6.00. The number of rotatable bonds is 24. The fraction of sp³-hybridized carbons (Fsp3) is 0.762. The molecule has 13 aliphatic rings. The molecule has 6 saturated heterocycles. The van der Waals surface area contributed by atoms with E-state index in [0.717, 1.165) is 119 Å². The Kier molecular flexibility index (Phi) is 35.6. The van der Waals surface area contributed by atoms with Gasteiger partial charge in [0.25, 0.3) is 0 Å². The molecule has 0 N–H and O–H groups in total. The van der Waals surface area contributed by atoms with Crippen molar-refractivity contribution in [2.24, 2.45) is 88.3 Å². The molecule has 7 aliphatic carbocycles. The van der Waals surface area contributed by atoms with Crippen LogP contribution in [0.1, 0.15) is 222 Å². The Labute approximate surface area is 775 Å². The number of carbonyl (C=O) groups excluding carboxylic acids is 5. The lowest BCUT2D eigenvalue weighted by Crippen LogP contribution is -2.59. The highest BCUT2D eigenvalue weighted by atomic mass is 16.7. The van der Waals surface area contributed by atoms with Gasteiger partial charge >= 0.3 is 17.9 Å². The fourth-order valence-corrected chi connectivity index (χ4v) is 24.6. The molecule has 1 aromatic heterocycles. The molecule has 2 aromatic rings. The molecule has 25 nitrogen and oxygen atoms in total. The van der Waals surface area contributed by atoms with Crippen LogP contribution in [0.5, 0.6) is 0 Å². The van der Waals surface area contributed by atoms with Crippen molar-refractivity contribution in [3.8, 4) is 0 Å². The first kappa shape index (κ1) is 102. The van der Waals surface area contributed by atoms with E-state index in [2.05, 4.69) is 149 Å². The summed E-state index contributed by atoms with van der Waals surface area (Å²) in [5.41, 5.74) is 6.17. The van der Waals surface area contributed by atoms with Gasteiger partial charge in [0, 0.05) is 90.4 Å². The molecule has 7 heterocycles. The molecule has 726 valence electrons. The van der Waals surface area contributed by atoms with Gasteiger partial charge in [-0.25, -0.2) is 0 Å². The Morgan fingerprint density at radius 2 is 1.00 bits per heavy atom. The second kappa shape index (κ2) is 45.5. The van der Waals surface area contributed by atoms with Gasteiger partial charge in [-0.2, -0.15) is 0 Å². The maximum absolute atomic E-state index is 14.7. The summed E-state index contributed by atoms with van der Waals surface area (Å²) in [7, 11) is 18.3. The lowest BCUT2D eigenvalue weighted by Gasteiger charge is -2.44. The highest BCUT2D eigenvalue weighted by Gasteiger charge is 2.62. The summed E-state index contributed by atoms with van der Waals surface area (Å²) in [6.07, 6.45) is 24.0. The molecule has 3 saturated carbocycles. The molecule has 2 unspecified atom stereocenters. The number of benzene rings is 1. The van der Waals surface area contributed by atoms with E-state index < -0.39 is 24.8 Å². The molecule has 0 bridgehead atoms. The molecule has 25 heteroatoms. The van der Waals surface area contributed by atoms with Gasteiger partial charge < -0.3 is 94.7 Å². The zero-order chi connectivity index (χ0) is 93.4. The van der Waals surface area contributed by atoms with Crippen LogP contribution in [0.2, 0.25) is 0 Å². The third-order valence-corrected chi connectivity index (χ3v) is 31.9. The zero-order valence-electron chi connectivity index (χ0n) is 82.2. The van der Waals surface area contributed by atoms with Crippen LogP contribution in [0.15, 0.2) is 106 Å². The highest BCUT2D eigenvalue weighted by Crippen LogP contribution is 2.61. The first-order valence-corrected chi connectivity index (χ1v) is 49.2. The Morgan fingerprint density at radius 1 is 0.515 bits per heavy atom. The van der Waals surface area contributed by atoms with Crippen molar-refractivity contribution in [1.82, 2.24) is 9.80 Å². The molecule has 9 fully saturated rings. The first-order chi connectivity index (χ1) is 62.2. The van der Waals surface area contributed by atoms with Crippen LogP contribution in [0.4, 0.5) is 0 Å². The van der Waals surface area contributed by atoms with Gasteiger partial charge in [0.2, 0.25) is 0 Å². The minimum absolute atomic E-state index is 0.0107. The van der Waals surface area contributed by atoms with Gasteiger partial charge in [-0.1, -0.05) is 119 Å². The summed E-state index contributed by atoms with van der Waals surface area (Å²) in [6, 6.07) is 12.8. The Morgan fingerprint density at radius 3 is 1.48 bits per heavy atom. The Balaban J connectivity index is 0.000000177. The molecule has 1 aromatic carbocycles. The van der Waals surface area contributed by atoms with Crippen molar-refractivity contribution in [2.75, 3.05) is 70.8 Å². The number of hydrogen-bond donors (Lipinski definition) is 0. The van der Waals surface area contributed by atoms with Crippen molar-refractivity contribution in [1.29, 1.82) is 0 Å². The van der Waals surface area contributed by atoms with E-state index >= 15 is 0 Å². The number of nitrogens with zero attached hydrogens (tertiary/aromatic N) is 2. The number of cyclic esters (lactones) is 2. The van der Waals surface area contributed by atoms with Crippen LogP contribution in [0, 0.1) is 88.3 Å². The summed E-state index contributed by atoms with van der Waals surface area (Å²) >= 11 is 0. The lowest BCUT2D eigenvalue weighted by molar-refractivity contribution is -0.314. The number of carbonyl (C=O) groups is 5. The maximum atomic E-state index is 14.7. The molecule has 6 aliphatic heterocycles. The second-order valence-electron chi connectivity index (χ2n) is 41.2. The SMILES string of the molecule is CC(C)=CC1C(C(=O)OCc2coc(Cc3ccccc3)c2)C1(C)C.CC[C@H]1CCC[C@H](O[C@H]2CC[C@H](N(C)C)[C@@H](C)O2)[C@@H](C)C(=O)C2=C[C@@H]3[C@@H](C=C(C)[C@@H]4C[C@@H](O[C@@H]5O[C@@H](C)[C@H](OC)[C@@H](OC)[C@H]5OC)C[C@@H]34)[C@@H]2CC(=O)O1.CC[C@H]1CCC[C@H](O[C@H]2CC[C@H](N(C)C)[C@@H](C)O2)[C@@H](C)C(=O)C2=C[C@@H]3[C@@H](C=C[C@@H]4C[C@@H](O[C@@H]5O[C@@H](C)[C@H](OC)[C@@H](OC)[C@H]5OC)C[C@@H]34)[C@@H]2CC(=O)O1. The number of likely N-dealkylation sites (N-methyl/N-ethyl adjacent to an activating group) is 2. The van der Waals surface area contributed by atoms with Crippen LogP contribution in [0.25, 0.3) is 0 Å². The number of furan rings is 1. The van der Waals surface area contributed by atoms with Crippen LogP contribution >= 0.6 is 0 Å². The van der Waals surface area contributed by atoms with E-state index in [0.29, 0.717) is 36.8 Å². The van der Waals surface area contributed by atoms with Crippen LogP contribution in [-0.4, -0.2) is 245 Å². The number of allylic oxidation sites excluding steroid dienone is 10. The normalized spacial score (nSPS) is 40.8. The number of Topliss-reactive ketones (excluding diaryl/α,β-unsaturated/α-hetero) is 2. The average molecular weight is 1820 g/mol. The number of hydrogen-bond acceptors (Lipinski definition) is 25. The van der Waals surface area contributed by atoms with Crippen molar-refractivity contribution >= 4 is 29.5 Å². The van der Waals surface area contributed by atoms with E-state index in [1.165, 1.54) is 16.7 Å². The topological polar surface area (TPSA) is 262 Å². The van der Waals surface area contributed by atoms with E-state index in [-0.39, 0.29) is 223 Å². The summed E-state index contributed by atoms with van der Waals surface area (Å²) in [6.45, 7) is 27.2. The number of esters is 3. The summed E-state index contributed by atoms with van der Waals surface area (Å²) < 4.78 is 110. The molecular weight excluding hydrogens is 1660 g/mol. The first-order valence-electron chi connectivity index (χ1n) is 49.2. The number of ketones is 2. The fourth-order valence-electron chi connectivity index (χ4n) is 24.6. The van der Waals surface area contributed by atoms with E-state index in [1.807, 2.05) is 52.0 Å². The van der Waals surface area contributed by atoms with Crippen molar-refractivity contribution in [2.45, 2.75) is 354 Å². The maximum Gasteiger partial charge on any atom is 0.310 e. The summed E-state index contributed by atoms with van der Waals surface area (Å²) in [5, 5.41) is 0. The smallest absolute Gasteiger partial charge is 0.310 e. The molecule has 0 radical (unpaired) electrons. The monoisotopic (exact) mass is 1820 g/mol. The molecule has 36 atom stereocenters. The zero-order valence-corrected chi connectivity index (χ0v) is 82.2. The standard InChI is InChI=1S/C42H67NO10.C41H65NO10.C22H26O3/c1-11-26-13-12-14-35(53-37-16-15-34(43(6)7)24(4)49-37)23(3)38(45)33-20-31-29(32(33)21-36(44)51-26)17-22(2)28-18-27(19-30(28)31)52-42-41(48-10)40(47-9)39(46-8)25(5)50-42;1-10-26-12-11-13-34(52-36-17-16-33(42(5)6)23(3)48-36)22(2)37(44)32-20-30-28(31(32)21-35(43)50-26)15-14-25-18-27(19-29(25)30)51-41-40(47-9)39(46-8)38(45-7)24(4)49-41;1-15(2)10-19-20(22(19,3)4)21(23)25-14-17-12-18(24-13-17)11-16-8-6-5-7-9-16/h17,20,23-32,34-35,37,39-42H,11-16,18-19,21H2,1-10H3;14-15,20,22-31,33-34,36,38-41H,10-13,16-19,21H2,1-9H3;5-10,12-13,19-20H,11,14H2,1-4H3/t23-,24-,25+,26+,27-,28+,29-,30-,31-,32+,34+,35+,37+,39+,40-,41-,42+;22-,23-,24+,25-,26+,27-,28-,29-,30-,31+,33+,34+,36+,38+,39-,40-,41+;/m11./s1. The van der Waals surface area contributed by atoms with Crippen LogP contribution < -0.4 is 0 Å². The Bertz CT molecular complexity index is 4210. The van der Waals surface area contributed by atoms with E-state index in [1.54, 1.807) is 48.9 Å². The van der Waals surface area contributed by atoms with Crippen molar-refractivity contribution in [3.05, 3.63) is 118 Å². The van der Waals surface area contributed by atoms with Crippen LogP contribution in [0.3, 0.4) is 0 Å². The number of ether oxygens (including phenoxy) is 17. The van der Waals surface area contributed by atoms with Crippen LogP contribution in [-0.2, 0) is 118 Å². The summed E-state index contributed by atoms with van der Waals surface area (Å²) in [5.74, 6) is 1.03. The largest absolute Gasteiger partial charge is 0.469 e. The predicted octanol–water partition coefficient (Wildman–Crippen LogP) is 16.5. The second-order valence-corrected chi connectivity index (χ2v) is 41.2. The van der Waals surface area contributed by atoms with Gasteiger partial charge in [-0.05, 0) is 261 Å². The van der Waals surface area contributed by atoms with Gasteiger partial charge in [-0.15, -0.1) is 0 Å². The van der Waals surface area contributed by atoms with Gasteiger partial charge in [0.05, 0.1) is 73.9 Å². The van der Waals surface area contributed by atoms with Crippen molar-refractivity contribution < 1.29 is 109 Å². The molecule has 130 heavy (non-hydrogen) atoms. The third-order valence-electron chi connectivity index (χ3n) is 31.9. The third kappa shape index (κ3) is 23.4. The lowest BCUT2D eigenvalue weighted by atomic mass is 9.67. The average Bonchev–Trinajstić information content (AvgIpc) is 1.57. The van der Waals surface area contributed by atoms with E-state index in [4.69, 9.17) is 84.9 Å². The molecule has 0 spiro atoms. The molecule has 15 rings (SSSR count). The number of fused-ring (bicyclic) bond motifs is 10. The molecule has 0 amide bonds. The van der Waals surface area contributed by atoms with Gasteiger partial charge in [0.15, 0.2) is 36.7 Å². The van der Waals surface area contributed by atoms with Gasteiger partial charge in [-0.3, -0.25) is 24.0 Å².